The van der Waals surface area contributed by atoms with Crippen LogP contribution in [-0.2, 0) is 0 Å². The van der Waals surface area contributed by atoms with E-state index >= 15 is 0 Å². The molecule has 0 saturated carbocycles. The van der Waals surface area contributed by atoms with E-state index in [1.165, 1.54) is 24.7 Å². The quantitative estimate of drug-likeness (QED) is 0.443. The molecule has 16 heavy (non-hydrogen) atoms. The monoisotopic (exact) mass is 259 g/mol. The average Bonchev–Trinajstić information content (AvgIpc) is 2.06. The summed E-state index contributed by atoms with van der Waals surface area (Å²) in [5.41, 5.74) is 1.63. The molecule has 0 atom stereocenters. The first-order valence-electron chi connectivity index (χ1n) is 4.21. The van der Waals surface area contributed by atoms with Crippen LogP contribution < -0.4 is 10.4 Å². The van der Waals surface area contributed by atoms with Gasteiger partial charge in [-0.05, 0) is 0 Å². The maximum atomic E-state index is 12.4. The molecule has 0 fully saturated rings. The molecule has 1 rings (SSSR count). The van der Waals surface area contributed by atoms with E-state index in [0.29, 0.717) is 5.56 Å². The molecule has 0 bridgehead atoms. The Morgan fingerprint density at radius 1 is 1.12 bits per heavy atom. The van der Waals surface area contributed by atoms with Crippen LogP contribution in [-0.4, -0.2) is 0 Å². The predicted molar refractivity (Wildman–Crippen MR) is 53.0 cm³/mol. The van der Waals surface area contributed by atoms with Crippen LogP contribution in [0.25, 0.3) is 0 Å². The summed E-state index contributed by atoms with van der Waals surface area (Å²) >= 11 is 0. The number of aryl methyl sites for hydroxylation is 2. The Bertz CT molecular complexity index is 394. The fraction of sp³-hybridized carbons (Fsp3) is 0.250. The van der Waals surface area contributed by atoms with Crippen molar-refractivity contribution in [3.8, 4) is 0 Å². The van der Waals surface area contributed by atoms with Crippen LogP contribution in [0.1, 0.15) is 11.1 Å². The molecule has 1 radical (unpaired) electrons. The summed E-state index contributed by atoms with van der Waals surface area (Å²) in [5.74, 6) is 0. The maximum absolute atomic E-state index is 12.4. The standard InChI is InChI=1S/C8H9F5N2P/c1-6-3-4-8(7(2)5-6)15(14-9)16(10,11,12)13/h3-5H,1-2H3. The van der Waals surface area contributed by atoms with E-state index in [2.05, 4.69) is 0 Å². The topological polar surface area (TPSA) is 17.3 Å². The summed E-state index contributed by atoms with van der Waals surface area (Å²) in [4.78, 5) is 0. The van der Waals surface area contributed by atoms with Crippen molar-refractivity contribution in [2.45, 2.75) is 13.8 Å². The van der Waals surface area contributed by atoms with Gasteiger partial charge in [0.25, 0.3) is 0 Å². The van der Waals surface area contributed by atoms with Crippen molar-refractivity contribution >= 4 is 13.7 Å². The molecule has 0 spiro atoms. The molecule has 0 aliphatic rings. The first-order chi connectivity index (χ1) is 7.12. The summed E-state index contributed by atoms with van der Waals surface area (Å²) in [7, 11) is -8.25. The molecule has 8 heteroatoms. The van der Waals surface area contributed by atoms with Crippen LogP contribution in [0.2, 0.25) is 0 Å². The summed E-state index contributed by atoms with van der Waals surface area (Å²) < 4.78 is 60.6. The van der Waals surface area contributed by atoms with Crippen molar-refractivity contribution in [2.24, 2.45) is 0 Å². The number of benzene rings is 1. The van der Waals surface area contributed by atoms with Gasteiger partial charge in [0, 0.05) is 0 Å². The van der Waals surface area contributed by atoms with Crippen LogP contribution in [0, 0.1) is 13.8 Å². The molecule has 2 nitrogen and oxygen atoms in total. The normalized spacial score (nSPS) is 14.3. The van der Waals surface area contributed by atoms with Crippen molar-refractivity contribution < 1.29 is 21.3 Å². The number of hydrogen-bond donors (Lipinski definition) is 0. The minimum atomic E-state index is -8.25. The molecule has 91 valence electrons. The van der Waals surface area contributed by atoms with Gasteiger partial charge in [-0.25, -0.2) is 0 Å². The molecule has 0 amide bonds. The zero-order valence-corrected chi connectivity index (χ0v) is 9.36. The van der Waals surface area contributed by atoms with Crippen molar-refractivity contribution in [1.29, 1.82) is 0 Å². The number of anilines is 1. The van der Waals surface area contributed by atoms with E-state index < -0.39 is 18.5 Å². The predicted octanol–water partition coefficient (Wildman–Crippen LogP) is 4.52. The molecule has 0 aromatic heterocycles. The van der Waals surface area contributed by atoms with Gasteiger partial charge in [0.05, 0.1) is 0 Å². The van der Waals surface area contributed by atoms with Crippen LogP contribution in [0.3, 0.4) is 0 Å². The number of hydrogen-bond acceptors (Lipinski definition) is 1. The first-order valence-corrected chi connectivity index (χ1v) is 5.96. The van der Waals surface area contributed by atoms with Gasteiger partial charge in [0.2, 0.25) is 0 Å². The van der Waals surface area contributed by atoms with Crippen molar-refractivity contribution in [1.82, 2.24) is 5.65 Å². The minimum absolute atomic E-state index is 0.0981. The molecule has 0 heterocycles. The van der Waals surface area contributed by atoms with E-state index in [0.717, 1.165) is 6.07 Å². The second kappa shape index (κ2) is 3.82. The third-order valence-corrected chi connectivity index (χ3v) is 2.78. The molecule has 0 aliphatic carbocycles. The second-order valence-corrected chi connectivity index (χ2v) is 5.09. The van der Waals surface area contributed by atoms with Gasteiger partial charge in [0.15, 0.2) is 0 Å². The van der Waals surface area contributed by atoms with E-state index in [-0.39, 0.29) is 5.56 Å². The zero-order valence-electron chi connectivity index (χ0n) is 8.46. The summed E-state index contributed by atoms with van der Waals surface area (Å²) in [5, 5.41) is 0. The Labute approximate surface area is 89.4 Å². The Morgan fingerprint density at radius 2 is 1.69 bits per heavy atom. The van der Waals surface area contributed by atoms with E-state index in [9.17, 15) is 21.3 Å². The Kier molecular flexibility index (Phi) is 3.13. The van der Waals surface area contributed by atoms with Gasteiger partial charge in [-0.1, -0.05) is 0 Å². The number of halogens is 5. The zero-order chi connectivity index (χ0) is 12.6. The number of rotatable bonds is 3. The van der Waals surface area contributed by atoms with Crippen LogP contribution in [0.15, 0.2) is 18.2 Å². The Hall–Kier alpha value is -0.940. The van der Waals surface area contributed by atoms with Crippen molar-refractivity contribution in [3.05, 3.63) is 29.3 Å². The molecule has 1 aromatic rings. The number of nitrogens with zero attached hydrogens (tertiary/aromatic N) is 2. The fourth-order valence-electron chi connectivity index (χ4n) is 1.28. The molecule has 1 aromatic carbocycles. The third kappa shape index (κ3) is 2.80. The molecule has 0 unspecified atom stereocenters. The van der Waals surface area contributed by atoms with Gasteiger partial charge in [0.1, 0.15) is 0 Å². The van der Waals surface area contributed by atoms with Crippen molar-refractivity contribution in [2.75, 3.05) is 4.78 Å². The molecule has 0 N–H and O–H groups in total. The van der Waals surface area contributed by atoms with Crippen LogP contribution >= 0.6 is 8.00 Å². The second-order valence-electron chi connectivity index (χ2n) is 3.34. The summed E-state index contributed by atoms with van der Waals surface area (Å²) in [6.45, 7) is 2.98. The van der Waals surface area contributed by atoms with Gasteiger partial charge in [-0.3, -0.25) is 0 Å². The molecule has 0 saturated heterocycles. The van der Waals surface area contributed by atoms with Crippen LogP contribution in [0.4, 0.5) is 27.0 Å². The van der Waals surface area contributed by atoms with Crippen LogP contribution in [0.5, 0.6) is 0 Å². The molecular weight excluding hydrogens is 250 g/mol. The van der Waals surface area contributed by atoms with Gasteiger partial charge in [-0.15, -0.1) is 0 Å². The van der Waals surface area contributed by atoms with E-state index in [4.69, 9.17) is 0 Å². The summed E-state index contributed by atoms with van der Waals surface area (Å²) in [6, 6.07) is 3.69. The van der Waals surface area contributed by atoms with E-state index in [1.807, 2.05) is 0 Å². The fourth-order valence-corrected chi connectivity index (χ4v) is 1.94. The average molecular weight is 259 g/mol. The van der Waals surface area contributed by atoms with Gasteiger partial charge < -0.3 is 0 Å². The third-order valence-electron chi connectivity index (χ3n) is 1.93. The first kappa shape index (κ1) is 13.1. The van der Waals surface area contributed by atoms with Gasteiger partial charge in [-0.2, -0.15) is 0 Å². The Balaban J connectivity index is 3.26. The van der Waals surface area contributed by atoms with Gasteiger partial charge >= 0.3 is 88.6 Å². The van der Waals surface area contributed by atoms with E-state index in [1.54, 1.807) is 6.92 Å². The van der Waals surface area contributed by atoms with Crippen molar-refractivity contribution in [3.63, 3.8) is 0 Å². The molecular formula is C8H9F5N2P. The SMILES string of the molecule is Cc1ccc(N([N]F)P(F)(F)(F)F)c(C)c1. The Morgan fingerprint density at radius 3 is 2.06 bits per heavy atom. The molecule has 0 aliphatic heterocycles. The summed E-state index contributed by atoms with van der Waals surface area (Å²) in [6.07, 6.45) is 0.